The van der Waals surface area contributed by atoms with Gasteiger partial charge >= 0.3 is 5.97 Å². The molecule has 1 amide bonds. The van der Waals surface area contributed by atoms with Crippen molar-refractivity contribution in [1.82, 2.24) is 5.32 Å². The van der Waals surface area contributed by atoms with Crippen molar-refractivity contribution >= 4 is 11.9 Å². The summed E-state index contributed by atoms with van der Waals surface area (Å²) in [7, 11) is 1.45. The molecule has 17 heavy (non-hydrogen) atoms. The van der Waals surface area contributed by atoms with E-state index in [4.69, 9.17) is 9.84 Å². The van der Waals surface area contributed by atoms with Crippen LogP contribution in [0.5, 0.6) is 0 Å². The maximum atomic E-state index is 12.0. The SMILES string of the molecule is CCC(C)C(NC(=O)C(C)(CC)OC)C(=O)O. The second-order valence-electron chi connectivity index (χ2n) is 4.46. The predicted molar refractivity (Wildman–Crippen MR) is 64.7 cm³/mol. The van der Waals surface area contributed by atoms with Gasteiger partial charge in [0.1, 0.15) is 11.6 Å². The van der Waals surface area contributed by atoms with Crippen molar-refractivity contribution in [3.63, 3.8) is 0 Å². The fourth-order valence-electron chi connectivity index (χ4n) is 1.37. The number of carbonyl (C=O) groups excluding carboxylic acids is 1. The predicted octanol–water partition coefficient (Wildman–Crippen LogP) is 1.42. The van der Waals surface area contributed by atoms with Crippen LogP contribution in [0.1, 0.15) is 40.5 Å². The third-order valence-corrected chi connectivity index (χ3v) is 3.37. The molecule has 0 aromatic rings. The van der Waals surface area contributed by atoms with Crippen LogP contribution in [0.2, 0.25) is 0 Å². The minimum absolute atomic E-state index is 0.116. The van der Waals surface area contributed by atoms with Crippen LogP contribution in [0.3, 0.4) is 0 Å². The third kappa shape index (κ3) is 4.00. The van der Waals surface area contributed by atoms with Crippen molar-refractivity contribution in [3.05, 3.63) is 0 Å². The molecule has 5 heteroatoms. The van der Waals surface area contributed by atoms with Gasteiger partial charge in [-0.1, -0.05) is 27.2 Å². The van der Waals surface area contributed by atoms with E-state index in [0.717, 1.165) is 0 Å². The molecule has 2 N–H and O–H groups in total. The summed E-state index contributed by atoms with van der Waals surface area (Å²) in [4.78, 5) is 23.0. The van der Waals surface area contributed by atoms with Gasteiger partial charge in [-0.05, 0) is 19.3 Å². The molecule has 0 radical (unpaired) electrons. The van der Waals surface area contributed by atoms with E-state index in [1.807, 2.05) is 13.8 Å². The van der Waals surface area contributed by atoms with Crippen molar-refractivity contribution in [3.8, 4) is 0 Å². The van der Waals surface area contributed by atoms with Gasteiger partial charge in [0.15, 0.2) is 0 Å². The maximum absolute atomic E-state index is 12.0. The van der Waals surface area contributed by atoms with E-state index in [1.165, 1.54) is 7.11 Å². The zero-order valence-corrected chi connectivity index (χ0v) is 11.2. The number of aliphatic carboxylic acids is 1. The fourth-order valence-corrected chi connectivity index (χ4v) is 1.37. The number of methoxy groups -OCH3 is 1. The number of carbonyl (C=O) groups is 2. The second kappa shape index (κ2) is 6.59. The molecule has 0 aliphatic carbocycles. The van der Waals surface area contributed by atoms with Crippen LogP contribution in [0.25, 0.3) is 0 Å². The van der Waals surface area contributed by atoms with Crippen molar-refractivity contribution in [2.45, 2.75) is 52.2 Å². The molecule has 0 aromatic heterocycles. The monoisotopic (exact) mass is 245 g/mol. The van der Waals surface area contributed by atoms with Gasteiger partial charge in [0.05, 0.1) is 0 Å². The number of nitrogens with one attached hydrogen (secondary N) is 1. The summed E-state index contributed by atoms with van der Waals surface area (Å²) >= 11 is 0. The summed E-state index contributed by atoms with van der Waals surface area (Å²) in [6.45, 7) is 7.16. The summed E-state index contributed by atoms with van der Waals surface area (Å²) in [5.41, 5.74) is -0.971. The first-order valence-electron chi connectivity index (χ1n) is 5.91. The maximum Gasteiger partial charge on any atom is 0.326 e. The molecular formula is C12H23NO4. The number of hydrogen-bond acceptors (Lipinski definition) is 3. The number of amides is 1. The van der Waals surface area contributed by atoms with Crippen molar-refractivity contribution in [2.75, 3.05) is 7.11 Å². The standard InChI is InChI=1S/C12H23NO4/c1-6-8(3)9(10(14)15)13-11(16)12(4,7-2)17-5/h8-9H,6-7H2,1-5H3,(H,13,16)(H,14,15). The van der Waals surface area contributed by atoms with E-state index in [9.17, 15) is 9.59 Å². The van der Waals surface area contributed by atoms with E-state index in [2.05, 4.69) is 5.32 Å². The molecule has 0 spiro atoms. The average molecular weight is 245 g/mol. The van der Waals surface area contributed by atoms with Crippen LogP contribution < -0.4 is 5.32 Å². The van der Waals surface area contributed by atoms with Gasteiger partial charge in [-0.3, -0.25) is 4.79 Å². The van der Waals surface area contributed by atoms with Crippen LogP contribution >= 0.6 is 0 Å². The molecule has 3 unspecified atom stereocenters. The Morgan fingerprint density at radius 1 is 1.41 bits per heavy atom. The molecule has 0 saturated heterocycles. The van der Waals surface area contributed by atoms with Gasteiger partial charge in [0, 0.05) is 7.11 Å². The summed E-state index contributed by atoms with van der Waals surface area (Å²) < 4.78 is 5.14. The summed E-state index contributed by atoms with van der Waals surface area (Å²) in [5.74, 6) is -1.51. The lowest BCUT2D eigenvalue weighted by Crippen LogP contribution is -2.53. The number of ether oxygens (including phenoxy) is 1. The van der Waals surface area contributed by atoms with Crippen LogP contribution in [-0.4, -0.2) is 35.7 Å². The zero-order valence-electron chi connectivity index (χ0n) is 11.2. The van der Waals surface area contributed by atoms with E-state index in [0.29, 0.717) is 12.8 Å². The van der Waals surface area contributed by atoms with E-state index in [1.54, 1.807) is 13.8 Å². The van der Waals surface area contributed by atoms with E-state index < -0.39 is 17.6 Å². The average Bonchev–Trinajstić information content (AvgIpc) is 2.33. The highest BCUT2D eigenvalue weighted by Gasteiger charge is 2.35. The lowest BCUT2D eigenvalue weighted by Gasteiger charge is -2.29. The normalized spacial score (nSPS) is 17.9. The molecule has 0 bridgehead atoms. The van der Waals surface area contributed by atoms with Gasteiger partial charge in [0.25, 0.3) is 5.91 Å². The Bertz CT molecular complexity index is 274. The van der Waals surface area contributed by atoms with Crippen LogP contribution in [0.4, 0.5) is 0 Å². The summed E-state index contributed by atoms with van der Waals surface area (Å²) in [6, 6.07) is -0.867. The Morgan fingerprint density at radius 3 is 2.24 bits per heavy atom. The first kappa shape index (κ1) is 15.9. The Balaban J connectivity index is 4.78. The highest BCUT2D eigenvalue weighted by Crippen LogP contribution is 2.16. The van der Waals surface area contributed by atoms with Crippen LogP contribution in [0.15, 0.2) is 0 Å². The van der Waals surface area contributed by atoms with Crippen molar-refractivity contribution in [1.29, 1.82) is 0 Å². The first-order valence-corrected chi connectivity index (χ1v) is 5.91. The van der Waals surface area contributed by atoms with Gasteiger partial charge in [-0.25, -0.2) is 4.79 Å². The van der Waals surface area contributed by atoms with Gasteiger partial charge in [-0.2, -0.15) is 0 Å². The highest BCUT2D eigenvalue weighted by atomic mass is 16.5. The van der Waals surface area contributed by atoms with Gasteiger partial charge in [0.2, 0.25) is 0 Å². The Hall–Kier alpha value is -1.10. The molecular weight excluding hydrogens is 222 g/mol. The molecule has 0 heterocycles. The van der Waals surface area contributed by atoms with Crippen LogP contribution in [0, 0.1) is 5.92 Å². The van der Waals surface area contributed by atoms with E-state index >= 15 is 0 Å². The Morgan fingerprint density at radius 2 is 1.94 bits per heavy atom. The largest absolute Gasteiger partial charge is 0.480 e. The Labute approximate surface area is 103 Å². The van der Waals surface area contributed by atoms with Gasteiger partial charge < -0.3 is 15.2 Å². The number of carboxylic acid groups (broad SMARTS) is 1. The molecule has 0 saturated carbocycles. The van der Waals surface area contributed by atoms with Crippen molar-refractivity contribution < 1.29 is 19.4 Å². The lowest BCUT2D eigenvalue weighted by molar-refractivity contribution is -0.150. The number of carboxylic acids is 1. The molecule has 0 aliphatic heterocycles. The zero-order chi connectivity index (χ0) is 13.6. The molecule has 0 fully saturated rings. The smallest absolute Gasteiger partial charge is 0.326 e. The molecule has 0 aromatic carbocycles. The van der Waals surface area contributed by atoms with Gasteiger partial charge in [-0.15, -0.1) is 0 Å². The Kier molecular flexibility index (Phi) is 6.16. The quantitative estimate of drug-likeness (QED) is 0.711. The summed E-state index contributed by atoms with van der Waals surface area (Å²) in [6.07, 6.45) is 1.18. The molecule has 0 rings (SSSR count). The second-order valence-corrected chi connectivity index (χ2v) is 4.46. The molecule has 100 valence electrons. The molecule has 3 atom stereocenters. The third-order valence-electron chi connectivity index (χ3n) is 3.37. The molecule has 5 nitrogen and oxygen atoms in total. The van der Waals surface area contributed by atoms with Crippen LogP contribution in [-0.2, 0) is 14.3 Å². The first-order chi connectivity index (χ1) is 7.82. The number of hydrogen-bond donors (Lipinski definition) is 2. The van der Waals surface area contributed by atoms with E-state index in [-0.39, 0.29) is 11.8 Å². The highest BCUT2D eigenvalue weighted by molar-refractivity contribution is 5.89. The summed E-state index contributed by atoms with van der Waals surface area (Å²) in [5, 5.41) is 11.6. The molecule has 0 aliphatic rings. The minimum Gasteiger partial charge on any atom is -0.480 e. The minimum atomic E-state index is -1.01. The topological polar surface area (TPSA) is 75.6 Å². The fraction of sp³-hybridized carbons (Fsp3) is 0.833. The lowest BCUT2D eigenvalue weighted by atomic mass is 9.96. The number of rotatable bonds is 7. The van der Waals surface area contributed by atoms with Crippen molar-refractivity contribution in [2.24, 2.45) is 5.92 Å².